The smallest absolute Gasteiger partial charge is 0.212 e. The zero-order valence-electron chi connectivity index (χ0n) is 11.9. The first-order chi connectivity index (χ1) is 10.9. The van der Waals surface area contributed by atoms with Crippen molar-refractivity contribution in [1.29, 1.82) is 0 Å². The van der Waals surface area contributed by atoms with Crippen LogP contribution < -0.4 is 10.2 Å². The van der Waals surface area contributed by atoms with Gasteiger partial charge in [-0.3, -0.25) is 0 Å². The highest BCUT2D eigenvalue weighted by molar-refractivity contribution is 7.99. The fourth-order valence-corrected chi connectivity index (χ4v) is 3.53. The maximum Gasteiger partial charge on any atom is 0.212 e. The summed E-state index contributed by atoms with van der Waals surface area (Å²) in [7, 11) is 1.69. The van der Waals surface area contributed by atoms with Crippen molar-refractivity contribution in [1.82, 2.24) is 14.9 Å². The van der Waals surface area contributed by atoms with Crippen molar-refractivity contribution >= 4 is 11.8 Å². The molecule has 2 aromatic carbocycles. The maximum absolute atomic E-state index is 5.45. The molecule has 22 heavy (non-hydrogen) atoms. The van der Waals surface area contributed by atoms with Gasteiger partial charge in [0.2, 0.25) is 5.16 Å². The van der Waals surface area contributed by atoms with Crippen LogP contribution in [0.4, 0.5) is 0 Å². The molecular formula is C16H14N4OS. The molecule has 1 aliphatic rings. The number of aromatic nitrogens is 3. The monoisotopic (exact) mass is 310 g/mol. The minimum atomic E-state index is 0.0594. The first kappa shape index (κ1) is 13.2. The summed E-state index contributed by atoms with van der Waals surface area (Å²) in [6.45, 7) is 0. The second-order valence-electron chi connectivity index (χ2n) is 4.88. The third kappa shape index (κ3) is 2.12. The summed E-state index contributed by atoms with van der Waals surface area (Å²) in [6, 6.07) is 18.0. The summed E-state index contributed by atoms with van der Waals surface area (Å²) in [5, 5.41) is 9.47. The molecule has 0 spiro atoms. The molecule has 0 saturated heterocycles. The number of hydrogen-bond donors (Lipinski definition) is 1. The van der Waals surface area contributed by atoms with Crippen LogP contribution in [0, 0.1) is 0 Å². The summed E-state index contributed by atoms with van der Waals surface area (Å²) in [5.74, 6) is 1.69. The Balaban J connectivity index is 1.68. The molecule has 1 N–H and O–H groups in total. The molecule has 1 unspecified atom stereocenters. The van der Waals surface area contributed by atoms with Crippen LogP contribution in [0.15, 0.2) is 59.8 Å². The summed E-state index contributed by atoms with van der Waals surface area (Å²) in [6.07, 6.45) is 0. The average Bonchev–Trinajstić information content (AvgIpc) is 3.16. The first-order valence-electron chi connectivity index (χ1n) is 6.94. The van der Waals surface area contributed by atoms with Gasteiger partial charge in [-0.2, -0.15) is 0 Å². The highest BCUT2D eigenvalue weighted by atomic mass is 32.2. The van der Waals surface area contributed by atoms with Gasteiger partial charge >= 0.3 is 0 Å². The first-order valence-corrected chi connectivity index (χ1v) is 7.82. The molecule has 0 saturated carbocycles. The Labute approximate surface area is 132 Å². The van der Waals surface area contributed by atoms with E-state index in [1.807, 2.05) is 53.2 Å². The van der Waals surface area contributed by atoms with Crippen LogP contribution in [-0.4, -0.2) is 22.0 Å². The van der Waals surface area contributed by atoms with Crippen molar-refractivity contribution in [2.45, 2.75) is 10.5 Å². The predicted molar refractivity (Wildman–Crippen MR) is 86.4 cm³/mol. The lowest BCUT2D eigenvalue weighted by Gasteiger charge is -2.15. The molecule has 5 nitrogen and oxygen atoms in total. The number of methoxy groups -OCH3 is 1. The van der Waals surface area contributed by atoms with Crippen LogP contribution in [0.3, 0.4) is 0 Å². The Kier molecular flexibility index (Phi) is 3.23. The van der Waals surface area contributed by atoms with Crippen LogP contribution in [0.1, 0.15) is 10.9 Å². The lowest BCUT2D eigenvalue weighted by Crippen LogP contribution is -2.14. The zero-order valence-corrected chi connectivity index (χ0v) is 12.7. The molecule has 1 aliphatic heterocycles. The Bertz CT molecular complexity index is 803. The fraction of sp³-hybridized carbons (Fsp3) is 0.125. The van der Waals surface area contributed by atoms with E-state index in [4.69, 9.17) is 4.74 Å². The van der Waals surface area contributed by atoms with Gasteiger partial charge in [-0.15, -0.1) is 10.2 Å². The Morgan fingerprint density at radius 1 is 1.05 bits per heavy atom. The van der Waals surface area contributed by atoms with Gasteiger partial charge in [0.25, 0.3) is 0 Å². The van der Waals surface area contributed by atoms with E-state index < -0.39 is 0 Å². The third-order valence-corrected chi connectivity index (χ3v) is 4.63. The molecule has 0 radical (unpaired) electrons. The van der Waals surface area contributed by atoms with Crippen molar-refractivity contribution in [2.75, 3.05) is 12.5 Å². The SMILES string of the molecule is COc1ccccc1C1Nn2c(nnc2-c2ccccc2)S1. The molecule has 2 heterocycles. The summed E-state index contributed by atoms with van der Waals surface area (Å²) < 4.78 is 7.39. The van der Waals surface area contributed by atoms with Crippen LogP contribution >= 0.6 is 11.8 Å². The van der Waals surface area contributed by atoms with Crippen LogP contribution in [-0.2, 0) is 0 Å². The van der Waals surface area contributed by atoms with Crippen molar-refractivity contribution in [3.8, 4) is 17.1 Å². The number of para-hydroxylation sites is 1. The van der Waals surface area contributed by atoms with Gasteiger partial charge in [0.05, 0.1) is 7.11 Å². The fourth-order valence-electron chi connectivity index (χ4n) is 2.50. The Morgan fingerprint density at radius 2 is 1.82 bits per heavy atom. The quantitative estimate of drug-likeness (QED) is 0.804. The lowest BCUT2D eigenvalue weighted by atomic mass is 10.2. The summed E-state index contributed by atoms with van der Waals surface area (Å²) in [4.78, 5) is 0. The van der Waals surface area contributed by atoms with Gasteiger partial charge < -0.3 is 10.2 Å². The number of fused-ring (bicyclic) bond motifs is 1. The number of hydrogen-bond acceptors (Lipinski definition) is 5. The topological polar surface area (TPSA) is 52.0 Å². The largest absolute Gasteiger partial charge is 0.496 e. The highest BCUT2D eigenvalue weighted by Crippen LogP contribution is 2.42. The molecule has 4 rings (SSSR count). The number of thioether (sulfide) groups is 1. The van der Waals surface area contributed by atoms with Gasteiger partial charge in [0.1, 0.15) is 11.1 Å². The average molecular weight is 310 g/mol. The van der Waals surface area contributed by atoms with Gasteiger partial charge in [-0.25, -0.2) is 4.68 Å². The van der Waals surface area contributed by atoms with Crippen LogP contribution in [0.5, 0.6) is 5.75 Å². The van der Waals surface area contributed by atoms with Crippen LogP contribution in [0.2, 0.25) is 0 Å². The summed E-state index contributed by atoms with van der Waals surface area (Å²) in [5.41, 5.74) is 5.58. The van der Waals surface area contributed by atoms with Crippen molar-refractivity contribution in [2.24, 2.45) is 0 Å². The molecule has 1 atom stereocenters. The minimum absolute atomic E-state index is 0.0594. The van der Waals surface area contributed by atoms with Crippen LogP contribution in [0.25, 0.3) is 11.4 Å². The van der Waals surface area contributed by atoms with E-state index >= 15 is 0 Å². The molecule has 1 aromatic heterocycles. The Morgan fingerprint density at radius 3 is 2.64 bits per heavy atom. The second-order valence-corrected chi connectivity index (χ2v) is 5.95. The van der Waals surface area contributed by atoms with E-state index in [0.29, 0.717) is 0 Å². The second kappa shape index (κ2) is 5.38. The zero-order chi connectivity index (χ0) is 14.9. The maximum atomic E-state index is 5.45. The van der Waals surface area contributed by atoms with Gasteiger partial charge in [-0.1, -0.05) is 60.3 Å². The standard InChI is InChI=1S/C16H14N4OS/c1-21-13-10-6-5-9-12(13)15-19-20-14(17-18-16(20)22-15)11-7-3-2-4-8-11/h2-10,15,19H,1H3. The molecule has 3 aromatic rings. The number of nitrogens with zero attached hydrogens (tertiary/aromatic N) is 3. The highest BCUT2D eigenvalue weighted by Gasteiger charge is 2.29. The third-order valence-electron chi connectivity index (χ3n) is 3.56. The molecule has 0 fully saturated rings. The number of nitrogens with one attached hydrogen (secondary N) is 1. The minimum Gasteiger partial charge on any atom is -0.496 e. The van der Waals surface area contributed by atoms with E-state index in [-0.39, 0.29) is 5.37 Å². The van der Waals surface area contributed by atoms with E-state index in [1.54, 1.807) is 18.9 Å². The molecule has 0 amide bonds. The van der Waals surface area contributed by atoms with E-state index in [0.717, 1.165) is 27.9 Å². The molecule has 6 heteroatoms. The van der Waals surface area contributed by atoms with Gasteiger partial charge in [0.15, 0.2) is 5.82 Å². The Hall–Kier alpha value is -2.47. The van der Waals surface area contributed by atoms with Crippen molar-refractivity contribution < 1.29 is 4.74 Å². The van der Waals surface area contributed by atoms with Crippen molar-refractivity contribution in [3.63, 3.8) is 0 Å². The van der Waals surface area contributed by atoms with E-state index in [2.05, 4.69) is 21.7 Å². The van der Waals surface area contributed by atoms with E-state index in [1.165, 1.54) is 0 Å². The van der Waals surface area contributed by atoms with Gasteiger partial charge in [-0.05, 0) is 6.07 Å². The van der Waals surface area contributed by atoms with Crippen molar-refractivity contribution in [3.05, 3.63) is 60.2 Å². The number of ether oxygens (including phenoxy) is 1. The van der Waals surface area contributed by atoms with E-state index in [9.17, 15) is 0 Å². The lowest BCUT2D eigenvalue weighted by molar-refractivity contribution is 0.409. The molecule has 0 bridgehead atoms. The van der Waals surface area contributed by atoms with Gasteiger partial charge in [0, 0.05) is 11.1 Å². The summed E-state index contributed by atoms with van der Waals surface area (Å²) >= 11 is 1.63. The molecule has 0 aliphatic carbocycles. The normalized spacial score (nSPS) is 16.1. The predicted octanol–water partition coefficient (Wildman–Crippen LogP) is 3.30. The molecule has 110 valence electrons. The molecular weight excluding hydrogens is 296 g/mol. The number of benzene rings is 2. The number of rotatable bonds is 3.